The van der Waals surface area contributed by atoms with Crippen LogP contribution in [-0.2, 0) is 15.9 Å². The molecule has 108 valence electrons. The fourth-order valence-electron chi connectivity index (χ4n) is 1.99. The minimum Gasteiger partial charge on any atom is -0.383 e. The minimum absolute atomic E-state index is 0.191. The fraction of sp³-hybridized carbons (Fsp3) is 0.692. The molecule has 19 heavy (non-hydrogen) atoms. The van der Waals surface area contributed by atoms with Crippen molar-refractivity contribution in [3.05, 3.63) is 17.0 Å². The maximum Gasteiger partial charge on any atom is 0.137 e. The molecular formula is C13H22ClN3O2. The third-order valence-corrected chi connectivity index (χ3v) is 3.30. The van der Waals surface area contributed by atoms with E-state index in [-0.39, 0.29) is 6.04 Å². The molecule has 5 nitrogen and oxygen atoms in total. The summed E-state index contributed by atoms with van der Waals surface area (Å²) in [6.07, 6.45) is 2.29. The highest BCUT2D eigenvalue weighted by atomic mass is 35.5. The summed E-state index contributed by atoms with van der Waals surface area (Å²) in [5, 5.41) is 0.513. The normalized spacial score (nSPS) is 12.5. The monoisotopic (exact) mass is 287 g/mol. The lowest BCUT2D eigenvalue weighted by Crippen LogP contribution is -2.40. The van der Waals surface area contributed by atoms with E-state index in [0.29, 0.717) is 18.4 Å². The Bertz CT molecular complexity index is 390. The first-order valence-corrected chi connectivity index (χ1v) is 6.77. The van der Waals surface area contributed by atoms with E-state index >= 15 is 0 Å². The molecule has 1 heterocycles. The van der Waals surface area contributed by atoms with Gasteiger partial charge in [-0.05, 0) is 13.3 Å². The number of aromatic nitrogens is 2. The van der Waals surface area contributed by atoms with Gasteiger partial charge in [-0.3, -0.25) is 0 Å². The summed E-state index contributed by atoms with van der Waals surface area (Å²) in [4.78, 5) is 10.6. The number of hydrogen-bond donors (Lipinski definition) is 0. The van der Waals surface area contributed by atoms with Crippen molar-refractivity contribution in [3.8, 4) is 0 Å². The number of halogens is 1. The lowest BCUT2D eigenvalue weighted by Gasteiger charge is -2.31. The van der Waals surface area contributed by atoms with Crippen LogP contribution < -0.4 is 4.90 Å². The van der Waals surface area contributed by atoms with Gasteiger partial charge in [0.15, 0.2) is 0 Å². The molecule has 0 radical (unpaired) electrons. The number of anilines is 1. The first kappa shape index (κ1) is 16.1. The molecule has 0 aliphatic rings. The Hall–Kier alpha value is -0.910. The van der Waals surface area contributed by atoms with Crippen molar-refractivity contribution in [2.24, 2.45) is 0 Å². The van der Waals surface area contributed by atoms with Gasteiger partial charge in [-0.1, -0.05) is 18.5 Å². The van der Waals surface area contributed by atoms with Crippen LogP contribution in [-0.4, -0.2) is 50.0 Å². The molecule has 0 aliphatic heterocycles. The van der Waals surface area contributed by atoms with E-state index in [1.807, 2.05) is 6.92 Å². The molecule has 6 heteroatoms. The summed E-state index contributed by atoms with van der Waals surface area (Å²) in [5.74, 6) is 0.865. The van der Waals surface area contributed by atoms with E-state index in [1.54, 1.807) is 14.2 Å². The third-order valence-electron chi connectivity index (χ3n) is 2.97. The average molecular weight is 288 g/mol. The first-order chi connectivity index (χ1) is 9.15. The van der Waals surface area contributed by atoms with Crippen molar-refractivity contribution in [3.63, 3.8) is 0 Å². The molecule has 1 aromatic rings. The van der Waals surface area contributed by atoms with Gasteiger partial charge in [-0.25, -0.2) is 9.97 Å². The second-order valence-electron chi connectivity index (χ2n) is 4.31. The Morgan fingerprint density at radius 2 is 2.05 bits per heavy atom. The summed E-state index contributed by atoms with van der Waals surface area (Å²) in [6, 6.07) is 0.191. The smallest absolute Gasteiger partial charge is 0.137 e. The van der Waals surface area contributed by atoms with Crippen LogP contribution in [0.1, 0.15) is 19.4 Å². The Morgan fingerprint density at radius 1 is 1.32 bits per heavy atom. The van der Waals surface area contributed by atoms with Crippen molar-refractivity contribution in [1.29, 1.82) is 0 Å². The predicted octanol–water partition coefficient (Wildman–Crippen LogP) is 2.18. The van der Waals surface area contributed by atoms with Crippen LogP contribution in [0, 0.1) is 0 Å². The third kappa shape index (κ3) is 4.30. The molecule has 1 rings (SSSR count). The SMILES string of the molecule is CCc1c(Cl)ncnc1N(CCOC)C(C)COC. The lowest BCUT2D eigenvalue weighted by molar-refractivity contribution is 0.170. The number of ether oxygens (including phenoxy) is 2. The Labute approximate surface area is 119 Å². The van der Waals surface area contributed by atoms with Crippen LogP contribution in [0.4, 0.5) is 5.82 Å². The van der Waals surface area contributed by atoms with E-state index in [1.165, 1.54) is 6.33 Å². The van der Waals surface area contributed by atoms with Gasteiger partial charge in [0.25, 0.3) is 0 Å². The minimum atomic E-state index is 0.191. The zero-order valence-corrected chi connectivity index (χ0v) is 12.8. The quantitative estimate of drug-likeness (QED) is 0.686. The zero-order valence-electron chi connectivity index (χ0n) is 12.0. The summed E-state index contributed by atoms with van der Waals surface area (Å²) in [7, 11) is 3.38. The molecule has 0 bridgehead atoms. The van der Waals surface area contributed by atoms with Crippen LogP contribution >= 0.6 is 11.6 Å². The second-order valence-corrected chi connectivity index (χ2v) is 4.67. The molecule has 1 aromatic heterocycles. The van der Waals surface area contributed by atoms with E-state index < -0.39 is 0 Å². The van der Waals surface area contributed by atoms with Gasteiger partial charge in [0.05, 0.1) is 19.3 Å². The summed E-state index contributed by atoms with van der Waals surface area (Å²) < 4.78 is 10.4. The van der Waals surface area contributed by atoms with Crippen molar-refractivity contribution in [1.82, 2.24) is 9.97 Å². The maximum absolute atomic E-state index is 6.15. The molecular weight excluding hydrogens is 266 g/mol. The Balaban J connectivity index is 3.05. The van der Waals surface area contributed by atoms with Crippen LogP contribution in [0.5, 0.6) is 0 Å². The van der Waals surface area contributed by atoms with Gasteiger partial charge in [0.2, 0.25) is 0 Å². The predicted molar refractivity (Wildman–Crippen MR) is 77.0 cm³/mol. The molecule has 0 spiro atoms. The average Bonchev–Trinajstić information content (AvgIpc) is 2.39. The summed E-state index contributed by atoms with van der Waals surface area (Å²) in [6.45, 7) is 6.12. The highest BCUT2D eigenvalue weighted by Crippen LogP contribution is 2.25. The largest absolute Gasteiger partial charge is 0.383 e. The van der Waals surface area contributed by atoms with Gasteiger partial charge < -0.3 is 14.4 Å². The first-order valence-electron chi connectivity index (χ1n) is 6.39. The van der Waals surface area contributed by atoms with E-state index in [2.05, 4.69) is 21.8 Å². The molecule has 1 unspecified atom stereocenters. The highest BCUT2D eigenvalue weighted by Gasteiger charge is 2.20. The molecule has 0 saturated carbocycles. The van der Waals surface area contributed by atoms with Crippen molar-refractivity contribution in [2.45, 2.75) is 26.3 Å². The molecule has 0 saturated heterocycles. The molecule has 1 atom stereocenters. The van der Waals surface area contributed by atoms with Gasteiger partial charge in [-0.15, -0.1) is 0 Å². The fourth-order valence-corrected chi connectivity index (χ4v) is 2.25. The number of methoxy groups -OCH3 is 2. The van der Waals surface area contributed by atoms with Crippen LogP contribution in [0.15, 0.2) is 6.33 Å². The topological polar surface area (TPSA) is 47.5 Å². The number of hydrogen-bond acceptors (Lipinski definition) is 5. The van der Waals surface area contributed by atoms with E-state index in [4.69, 9.17) is 21.1 Å². The summed E-state index contributed by atoms with van der Waals surface area (Å²) >= 11 is 6.15. The van der Waals surface area contributed by atoms with Crippen LogP contribution in [0.25, 0.3) is 0 Å². The highest BCUT2D eigenvalue weighted by molar-refractivity contribution is 6.30. The van der Waals surface area contributed by atoms with Crippen LogP contribution in [0.2, 0.25) is 5.15 Å². The summed E-state index contributed by atoms with van der Waals surface area (Å²) in [5.41, 5.74) is 0.961. The standard InChI is InChI=1S/C13H22ClN3O2/c1-5-11-12(14)15-9-16-13(11)17(6-7-18-3)10(2)8-19-4/h9-10H,5-8H2,1-4H3. The molecule has 0 aromatic carbocycles. The number of nitrogens with zero attached hydrogens (tertiary/aromatic N) is 3. The maximum atomic E-state index is 6.15. The molecule has 0 N–H and O–H groups in total. The van der Waals surface area contributed by atoms with Crippen LogP contribution in [0.3, 0.4) is 0 Å². The lowest BCUT2D eigenvalue weighted by atomic mass is 10.2. The molecule has 0 aliphatic carbocycles. The van der Waals surface area contributed by atoms with Crippen molar-refractivity contribution in [2.75, 3.05) is 38.9 Å². The molecule has 0 amide bonds. The Morgan fingerprint density at radius 3 is 2.63 bits per heavy atom. The van der Waals surface area contributed by atoms with Gasteiger partial charge >= 0.3 is 0 Å². The molecule has 0 fully saturated rings. The van der Waals surface area contributed by atoms with E-state index in [9.17, 15) is 0 Å². The van der Waals surface area contributed by atoms with Crippen molar-refractivity contribution >= 4 is 17.4 Å². The van der Waals surface area contributed by atoms with Crippen molar-refractivity contribution < 1.29 is 9.47 Å². The van der Waals surface area contributed by atoms with Gasteiger partial charge in [-0.2, -0.15) is 0 Å². The Kier molecular flexibility index (Phi) is 7.05. The van der Waals surface area contributed by atoms with E-state index in [0.717, 1.165) is 24.3 Å². The number of rotatable bonds is 8. The van der Waals surface area contributed by atoms with Gasteiger partial charge in [0.1, 0.15) is 17.3 Å². The zero-order chi connectivity index (χ0) is 14.3. The second kappa shape index (κ2) is 8.30. The van der Waals surface area contributed by atoms with Gasteiger partial charge in [0, 0.05) is 26.3 Å².